The van der Waals surface area contributed by atoms with Gasteiger partial charge < -0.3 is 18.8 Å². The summed E-state index contributed by atoms with van der Waals surface area (Å²) in [6.45, 7) is 3.12. The summed E-state index contributed by atoms with van der Waals surface area (Å²) in [5.74, 6) is 0.817. The van der Waals surface area contributed by atoms with Crippen molar-refractivity contribution in [3.63, 3.8) is 0 Å². The number of nitrogens with one attached hydrogen (secondary N) is 1. The van der Waals surface area contributed by atoms with Gasteiger partial charge >= 0.3 is 11.7 Å². The number of carbonyl (C=O) groups excluding carboxylic acids is 1. The van der Waals surface area contributed by atoms with E-state index in [0.29, 0.717) is 47.7 Å². The van der Waals surface area contributed by atoms with Crippen molar-refractivity contribution in [2.75, 3.05) is 13.2 Å². The molecule has 11 heteroatoms. The number of aromatic nitrogens is 4. The Morgan fingerprint density at radius 3 is 2.84 bits per heavy atom. The molecule has 32 heavy (non-hydrogen) atoms. The minimum atomic E-state index is -0.531. The van der Waals surface area contributed by atoms with E-state index in [-0.39, 0.29) is 24.2 Å². The second kappa shape index (κ2) is 9.07. The Balaban J connectivity index is 1.52. The third kappa shape index (κ3) is 4.22. The van der Waals surface area contributed by atoms with Gasteiger partial charge in [0.2, 0.25) is 0 Å². The summed E-state index contributed by atoms with van der Waals surface area (Å²) >= 11 is 6.22. The van der Waals surface area contributed by atoms with E-state index in [2.05, 4.69) is 9.97 Å². The first-order valence-corrected chi connectivity index (χ1v) is 10.7. The quantitative estimate of drug-likeness (QED) is 0.533. The summed E-state index contributed by atoms with van der Waals surface area (Å²) in [4.78, 5) is 43.7. The van der Waals surface area contributed by atoms with Crippen LogP contribution in [0, 0.1) is 0 Å². The molecule has 3 heterocycles. The molecule has 3 aromatic rings. The molecule has 0 amide bonds. The lowest BCUT2D eigenvalue weighted by Crippen LogP contribution is -2.31. The number of hydrogen-bond acceptors (Lipinski definition) is 7. The molecule has 0 saturated heterocycles. The minimum absolute atomic E-state index is 0.0257. The fourth-order valence-electron chi connectivity index (χ4n) is 3.57. The van der Waals surface area contributed by atoms with E-state index in [1.807, 2.05) is 6.92 Å². The highest BCUT2D eigenvalue weighted by Gasteiger charge is 2.20. The summed E-state index contributed by atoms with van der Waals surface area (Å²) in [5, 5.41) is 0.365. The fraction of sp³-hybridized carbons (Fsp3) is 0.429. The van der Waals surface area contributed by atoms with Crippen LogP contribution in [0.4, 0.5) is 0 Å². The highest BCUT2D eigenvalue weighted by molar-refractivity contribution is 6.32. The van der Waals surface area contributed by atoms with Gasteiger partial charge in [-0.3, -0.25) is 19.1 Å². The van der Waals surface area contributed by atoms with Crippen molar-refractivity contribution in [1.82, 2.24) is 19.1 Å². The molecular formula is C21H23ClN4O6. The fourth-order valence-corrected chi connectivity index (χ4v) is 3.86. The van der Waals surface area contributed by atoms with Crippen LogP contribution in [0.1, 0.15) is 31.2 Å². The standard InChI is InChI=1S/C21H23ClN4O6/c1-3-4-5-26-19-17(20(28)24-21(26)29)25(2)15(23-19)11-32-16(27)10-12-8-13(22)18-14(9-12)30-6-7-31-18/h8-9H,3-7,10-11H2,1-2H3,(H,24,28,29). The van der Waals surface area contributed by atoms with Crippen molar-refractivity contribution in [1.29, 1.82) is 0 Å². The number of esters is 1. The smallest absolute Gasteiger partial charge is 0.330 e. The third-order valence-corrected chi connectivity index (χ3v) is 5.49. The third-order valence-electron chi connectivity index (χ3n) is 5.21. The Morgan fingerprint density at radius 2 is 2.06 bits per heavy atom. The number of halogens is 1. The van der Waals surface area contributed by atoms with Crippen molar-refractivity contribution in [3.05, 3.63) is 49.4 Å². The second-order valence-electron chi connectivity index (χ2n) is 7.46. The number of nitrogens with zero attached hydrogens (tertiary/aromatic N) is 3. The SMILES string of the molecule is CCCCn1c(=O)[nH]c(=O)c2c1nc(COC(=O)Cc1cc(Cl)c3c(c1)OCCO3)n2C. The molecule has 2 aromatic heterocycles. The Kier molecular flexibility index (Phi) is 6.22. The molecule has 10 nitrogen and oxygen atoms in total. The number of benzene rings is 1. The Morgan fingerprint density at radius 1 is 1.28 bits per heavy atom. The van der Waals surface area contributed by atoms with Crippen LogP contribution in [0.2, 0.25) is 5.02 Å². The number of unbranched alkanes of at least 4 members (excludes halogenated alkanes) is 1. The number of H-pyrrole nitrogens is 1. The molecule has 1 aliphatic heterocycles. The molecule has 4 rings (SSSR count). The van der Waals surface area contributed by atoms with Gasteiger partial charge in [-0.15, -0.1) is 0 Å². The molecule has 1 aliphatic rings. The lowest BCUT2D eigenvalue weighted by molar-refractivity contribution is -0.144. The van der Waals surface area contributed by atoms with E-state index in [1.54, 1.807) is 19.2 Å². The van der Waals surface area contributed by atoms with E-state index in [4.69, 9.17) is 25.8 Å². The van der Waals surface area contributed by atoms with Crippen LogP contribution < -0.4 is 20.7 Å². The lowest BCUT2D eigenvalue weighted by atomic mass is 10.1. The summed E-state index contributed by atoms with van der Waals surface area (Å²) in [7, 11) is 1.64. The van der Waals surface area contributed by atoms with Gasteiger partial charge in [0.05, 0.1) is 11.4 Å². The zero-order chi connectivity index (χ0) is 22.8. The minimum Gasteiger partial charge on any atom is -0.486 e. The molecule has 0 bridgehead atoms. The highest BCUT2D eigenvalue weighted by Crippen LogP contribution is 2.38. The van der Waals surface area contributed by atoms with Crippen LogP contribution in [0.25, 0.3) is 11.2 Å². The first kappa shape index (κ1) is 21.9. The van der Waals surface area contributed by atoms with Gasteiger partial charge in [-0.25, -0.2) is 9.78 Å². The monoisotopic (exact) mass is 462 g/mol. The van der Waals surface area contributed by atoms with E-state index >= 15 is 0 Å². The predicted molar refractivity (Wildman–Crippen MR) is 116 cm³/mol. The van der Waals surface area contributed by atoms with Crippen LogP contribution in [0.3, 0.4) is 0 Å². The van der Waals surface area contributed by atoms with Gasteiger partial charge in [-0.1, -0.05) is 24.9 Å². The largest absolute Gasteiger partial charge is 0.486 e. The molecule has 0 unspecified atom stereocenters. The molecule has 0 fully saturated rings. The summed E-state index contributed by atoms with van der Waals surface area (Å²) in [6.07, 6.45) is 1.62. The molecule has 0 saturated carbocycles. The van der Waals surface area contributed by atoms with Crippen molar-refractivity contribution in [2.24, 2.45) is 7.05 Å². The number of aromatic amines is 1. The summed E-state index contributed by atoms with van der Waals surface area (Å²) < 4.78 is 19.4. The molecular weight excluding hydrogens is 440 g/mol. The van der Waals surface area contributed by atoms with Gasteiger partial charge in [0, 0.05) is 13.6 Å². The van der Waals surface area contributed by atoms with E-state index in [1.165, 1.54) is 9.13 Å². The van der Waals surface area contributed by atoms with Crippen LogP contribution in [-0.4, -0.2) is 38.3 Å². The maximum Gasteiger partial charge on any atom is 0.330 e. The highest BCUT2D eigenvalue weighted by atomic mass is 35.5. The number of hydrogen-bond donors (Lipinski definition) is 1. The molecule has 1 N–H and O–H groups in total. The van der Waals surface area contributed by atoms with Crippen molar-refractivity contribution in [3.8, 4) is 11.5 Å². The lowest BCUT2D eigenvalue weighted by Gasteiger charge is -2.20. The van der Waals surface area contributed by atoms with Crippen molar-refractivity contribution >= 4 is 28.7 Å². The maximum atomic E-state index is 12.4. The van der Waals surface area contributed by atoms with E-state index in [0.717, 1.165) is 12.8 Å². The number of ether oxygens (including phenoxy) is 3. The molecule has 0 radical (unpaired) electrons. The normalized spacial score (nSPS) is 12.8. The Labute approximate surface area is 187 Å². The first-order chi connectivity index (χ1) is 15.4. The van der Waals surface area contributed by atoms with Crippen LogP contribution in [0.5, 0.6) is 11.5 Å². The first-order valence-electron chi connectivity index (χ1n) is 10.3. The number of aryl methyl sites for hydroxylation is 2. The second-order valence-corrected chi connectivity index (χ2v) is 7.87. The van der Waals surface area contributed by atoms with Gasteiger partial charge in [-0.05, 0) is 24.1 Å². The van der Waals surface area contributed by atoms with Gasteiger partial charge in [0.1, 0.15) is 25.6 Å². The maximum absolute atomic E-state index is 12.4. The molecule has 0 atom stereocenters. The Hall–Kier alpha value is -3.27. The van der Waals surface area contributed by atoms with Gasteiger partial charge in [0.25, 0.3) is 5.56 Å². The number of imidazole rings is 1. The predicted octanol–water partition coefficient (Wildman–Crippen LogP) is 1.93. The van der Waals surface area contributed by atoms with Crippen molar-refractivity contribution in [2.45, 2.75) is 39.3 Å². The number of rotatable bonds is 7. The number of carbonyl (C=O) groups is 1. The summed E-state index contributed by atoms with van der Waals surface area (Å²) in [5.41, 5.74) is 0.119. The average Bonchev–Trinajstić information content (AvgIpc) is 3.09. The molecule has 0 spiro atoms. The topological polar surface area (TPSA) is 117 Å². The van der Waals surface area contributed by atoms with Gasteiger partial charge in [-0.2, -0.15) is 0 Å². The molecule has 1 aromatic carbocycles. The van der Waals surface area contributed by atoms with Crippen LogP contribution >= 0.6 is 11.6 Å². The average molecular weight is 463 g/mol. The Bertz CT molecular complexity index is 1290. The molecule has 170 valence electrons. The van der Waals surface area contributed by atoms with E-state index in [9.17, 15) is 14.4 Å². The zero-order valence-electron chi connectivity index (χ0n) is 17.8. The number of fused-ring (bicyclic) bond motifs is 2. The zero-order valence-corrected chi connectivity index (χ0v) is 18.5. The summed E-state index contributed by atoms with van der Waals surface area (Å²) in [6, 6.07) is 3.33. The van der Waals surface area contributed by atoms with Crippen LogP contribution in [0.15, 0.2) is 21.7 Å². The van der Waals surface area contributed by atoms with Gasteiger partial charge in [0.15, 0.2) is 22.7 Å². The van der Waals surface area contributed by atoms with Crippen molar-refractivity contribution < 1.29 is 19.0 Å². The molecule has 0 aliphatic carbocycles. The van der Waals surface area contributed by atoms with E-state index < -0.39 is 17.2 Å². The van der Waals surface area contributed by atoms with Crippen LogP contribution in [-0.2, 0) is 36.2 Å².